The number of ketones is 1. The maximum absolute atomic E-state index is 12.1. The topological polar surface area (TPSA) is 34.9 Å². The van der Waals surface area contributed by atoms with Gasteiger partial charge in [-0.15, -0.1) is 0 Å². The largest absolute Gasteiger partial charge is 0.305 e. The number of pyridine rings is 1. The Morgan fingerprint density at radius 2 is 2.06 bits per heavy atom. The van der Waals surface area contributed by atoms with Crippen molar-refractivity contribution in [3.05, 3.63) is 47.9 Å². The van der Waals surface area contributed by atoms with E-state index in [0.717, 1.165) is 23.5 Å². The quantitative estimate of drug-likeness (QED) is 0.768. The first-order valence-corrected chi connectivity index (χ1v) is 6.22. The third-order valence-corrected chi connectivity index (χ3v) is 3.47. The highest BCUT2D eigenvalue weighted by Gasteiger charge is 2.33. The van der Waals surface area contributed by atoms with E-state index in [1.54, 1.807) is 6.20 Å². The van der Waals surface area contributed by atoms with Crippen LogP contribution in [0, 0.1) is 5.41 Å². The van der Waals surface area contributed by atoms with Gasteiger partial charge in [-0.3, -0.25) is 4.79 Å². The van der Waals surface area contributed by atoms with Crippen molar-refractivity contribution in [2.45, 2.75) is 26.7 Å². The Kier molecular flexibility index (Phi) is 2.37. The zero-order valence-electron chi connectivity index (χ0n) is 10.7. The summed E-state index contributed by atoms with van der Waals surface area (Å²) in [5.74, 6) is 1.13. The molecule has 3 nitrogen and oxygen atoms in total. The standard InChI is InChI=1S/C15H16N2O/c1-15(2)9-12-11(13(18)10-15)6-8-17(12)14-5-3-4-7-16-14/h3-8H,9-10H2,1-2H3. The Morgan fingerprint density at radius 3 is 2.78 bits per heavy atom. The fraction of sp³-hybridized carbons (Fsp3) is 0.333. The van der Waals surface area contributed by atoms with Gasteiger partial charge in [0.25, 0.3) is 0 Å². The van der Waals surface area contributed by atoms with Crippen molar-refractivity contribution in [2.24, 2.45) is 5.41 Å². The first-order valence-electron chi connectivity index (χ1n) is 6.22. The summed E-state index contributed by atoms with van der Waals surface area (Å²) >= 11 is 0. The molecule has 0 N–H and O–H groups in total. The molecule has 2 aromatic heterocycles. The van der Waals surface area contributed by atoms with Gasteiger partial charge in [-0.05, 0) is 30.0 Å². The van der Waals surface area contributed by atoms with Crippen LogP contribution in [0.2, 0.25) is 0 Å². The highest BCUT2D eigenvalue weighted by atomic mass is 16.1. The van der Waals surface area contributed by atoms with Gasteiger partial charge in [0.05, 0.1) is 0 Å². The Balaban J connectivity index is 2.13. The van der Waals surface area contributed by atoms with E-state index < -0.39 is 0 Å². The molecule has 0 saturated carbocycles. The average molecular weight is 240 g/mol. The molecule has 0 spiro atoms. The molecule has 3 heteroatoms. The number of rotatable bonds is 1. The SMILES string of the molecule is CC1(C)CC(=O)c2ccn(-c3ccccn3)c2C1. The van der Waals surface area contributed by atoms with Gasteiger partial charge in [-0.1, -0.05) is 19.9 Å². The highest BCUT2D eigenvalue weighted by Crippen LogP contribution is 2.35. The van der Waals surface area contributed by atoms with Crippen LogP contribution in [-0.4, -0.2) is 15.3 Å². The molecule has 0 fully saturated rings. The van der Waals surface area contributed by atoms with Crippen LogP contribution in [0.3, 0.4) is 0 Å². The number of Topliss-reactive ketones (excluding diaryl/α,β-unsaturated/α-hetero) is 1. The zero-order chi connectivity index (χ0) is 12.8. The lowest BCUT2D eigenvalue weighted by molar-refractivity contribution is 0.0911. The molecule has 0 amide bonds. The van der Waals surface area contributed by atoms with Gasteiger partial charge >= 0.3 is 0 Å². The van der Waals surface area contributed by atoms with Gasteiger partial charge in [0.1, 0.15) is 5.82 Å². The molecule has 18 heavy (non-hydrogen) atoms. The molecular weight excluding hydrogens is 224 g/mol. The molecule has 0 radical (unpaired) electrons. The third-order valence-electron chi connectivity index (χ3n) is 3.47. The second-order valence-electron chi connectivity index (χ2n) is 5.67. The van der Waals surface area contributed by atoms with Crippen LogP contribution in [0.25, 0.3) is 5.82 Å². The van der Waals surface area contributed by atoms with E-state index in [4.69, 9.17) is 0 Å². The molecule has 0 aliphatic heterocycles. The molecule has 1 aliphatic rings. The van der Waals surface area contributed by atoms with Crippen LogP contribution in [0.1, 0.15) is 36.3 Å². The van der Waals surface area contributed by atoms with Gasteiger partial charge in [-0.25, -0.2) is 4.98 Å². The number of hydrogen-bond donors (Lipinski definition) is 0. The molecule has 2 aromatic rings. The van der Waals surface area contributed by atoms with Crippen LogP contribution in [0.15, 0.2) is 36.7 Å². The first-order chi connectivity index (χ1) is 8.57. The predicted molar refractivity (Wildman–Crippen MR) is 70.0 cm³/mol. The van der Waals surface area contributed by atoms with E-state index in [9.17, 15) is 4.79 Å². The summed E-state index contributed by atoms with van der Waals surface area (Å²) in [6, 6.07) is 7.74. The summed E-state index contributed by atoms with van der Waals surface area (Å²) < 4.78 is 2.04. The molecule has 0 bridgehead atoms. The number of carbonyl (C=O) groups is 1. The molecule has 1 aliphatic carbocycles. The summed E-state index contributed by atoms with van der Waals surface area (Å²) in [6.45, 7) is 4.28. The third kappa shape index (κ3) is 1.76. The number of nitrogens with zero attached hydrogens (tertiary/aromatic N) is 2. The van der Waals surface area contributed by atoms with E-state index >= 15 is 0 Å². The maximum Gasteiger partial charge on any atom is 0.165 e. The molecule has 2 heterocycles. The van der Waals surface area contributed by atoms with Crippen LogP contribution >= 0.6 is 0 Å². The van der Waals surface area contributed by atoms with Crippen molar-refractivity contribution in [2.75, 3.05) is 0 Å². The second kappa shape index (κ2) is 3.80. The van der Waals surface area contributed by atoms with Gasteiger partial charge in [-0.2, -0.15) is 0 Å². The van der Waals surface area contributed by atoms with Gasteiger partial charge < -0.3 is 4.57 Å². The van der Waals surface area contributed by atoms with Crippen LogP contribution in [0.5, 0.6) is 0 Å². The maximum atomic E-state index is 12.1. The van der Waals surface area contributed by atoms with E-state index in [1.807, 2.05) is 35.0 Å². The van der Waals surface area contributed by atoms with Gasteiger partial charge in [0.2, 0.25) is 0 Å². The van der Waals surface area contributed by atoms with Gasteiger partial charge in [0, 0.05) is 30.1 Å². The molecule has 0 saturated heterocycles. The van der Waals surface area contributed by atoms with Crippen molar-refractivity contribution in [1.82, 2.24) is 9.55 Å². The van der Waals surface area contributed by atoms with Crippen molar-refractivity contribution >= 4 is 5.78 Å². The van der Waals surface area contributed by atoms with E-state index in [0.29, 0.717) is 6.42 Å². The van der Waals surface area contributed by atoms with E-state index in [2.05, 4.69) is 18.8 Å². The van der Waals surface area contributed by atoms with Crippen molar-refractivity contribution in [3.63, 3.8) is 0 Å². The number of aromatic nitrogens is 2. The Morgan fingerprint density at radius 1 is 1.22 bits per heavy atom. The van der Waals surface area contributed by atoms with Crippen molar-refractivity contribution in [3.8, 4) is 5.82 Å². The summed E-state index contributed by atoms with van der Waals surface area (Å²) in [5, 5.41) is 0. The van der Waals surface area contributed by atoms with Gasteiger partial charge in [0.15, 0.2) is 5.78 Å². The Hall–Kier alpha value is -1.90. The Labute approximate surface area is 106 Å². The normalized spacial score (nSPS) is 17.6. The molecule has 0 aromatic carbocycles. The summed E-state index contributed by atoms with van der Waals surface area (Å²) in [4.78, 5) is 16.5. The minimum absolute atomic E-state index is 0.0367. The highest BCUT2D eigenvalue weighted by molar-refractivity contribution is 5.99. The monoisotopic (exact) mass is 240 g/mol. The van der Waals surface area contributed by atoms with Crippen LogP contribution in [-0.2, 0) is 6.42 Å². The van der Waals surface area contributed by atoms with Crippen molar-refractivity contribution < 1.29 is 4.79 Å². The molecular formula is C15H16N2O. The second-order valence-corrected chi connectivity index (χ2v) is 5.67. The Bertz CT molecular complexity index is 596. The predicted octanol–water partition coefficient (Wildman–Crippen LogP) is 3.03. The lowest BCUT2D eigenvalue weighted by atomic mass is 9.76. The lowest BCUT2D eigenvalue weighted by Crippen LogP contribution is -2.27. The number of fused-ring (bicyclic) bond motifs is 1. The van der Waals surface area contributed by atoms with E-state index in [1.165, 1.54) is 0 Å². The molecule has 0 unspecified atom stereocenters. The molecule has 0 atom stereocenters. The van der Waals surface area contributed by atoms with E-state index in [-0.39, 0.29) is 11.2 Å². The minimum Gasteiger partial charge on any atom is -0.305 e. The number of carbonyl (C=O) groups excluding carboxylic acids is 1. The fourth-order valence-electron chi connectivity index (χ4n) is 2.66. The first kappa shape index (κ1) is 11.2. The zero-order valence-corrected chi connectivity index (χ0v) is 10.7. The van der Waals surface area contributed by atoms with Crippen LogP contribution in [0.4, 0.5) is 0 Å². The number of hydrogen-bond acceptors (Lipinski definition) is 2. The smallest absolute Gasteiger partial charge is 0.165 e. The van der Waals surface area contributed by atoms with Crippen molar-refractivity contribution in [1.29, 1.82) is 0 Å². The summed E-state index contributed by atoms with van der Waals surface area (Å²) in [5.41, 5.74) is 1.99. The van der Waals surface area contributed by atoms with Crippen LogP contribution < -0.4 is 0 Å². The fourth-order valence-corrected chi connectivity index (χ4v) is 2.66. The average Bonchev–Trinajstić information content (AvgIpc) is 2.72. The summed E-state index contributed by atoms with van der Waals surface area (Å²) in [7, 11) is 0. The molecule has 92 valence electrons. The molecule has 3 rings (SSSR count). The minimum atomic E-state index is 0.0367. The lowest BCUT2D eigenvalue weighted by Gasteiger charge is -2.29. The summed E-state index contributed by atoms with van der Waals surface area (Å²) in [6.07, 6.45) is 5.27.